The van der Waals surface area contributed by atoms with Crippen LogP contribution in [0.2, 0.25) is 0 Å². The number of anilines is 1. The van der Waals surface area contributed by atoms with E-state index in [0.717, 1.165) is 29.8 Å². The van der Waals surface area contributed by atoms with E-state index in [1.54, 1.807) is 18.1 Å². The number of fused-ring (bicyclic) bond motifs is 1. The van der Waals surface area contributed by atoms with Crippen molar-refractivity contribution >= 4 is 28.7 Å². The first-order valence-corrected chi connectivity index (χ1v) is 6.89. The molecule has 0 bridgehead atoms. The fourth-order valence-electron chi connectivity index (χ4n) is 2.27. The topological polar surface area (TPSA) is 75.9 Å². The molecule has 0 radical (unpaired) electrons. The van der Waals surface area contributed by atoms with Gasteiger partial charge in [-0.25, -0.2) is 15.0 Å². The van der Waals surface area contributed by atoms with Crippen LogP contribution in [0.5, 0.6) is 0 Å². The van der Waals surface area contributed by atoms with E-state index in [-0.39, 0.29) is 6.61 Å². The Morgan fingerprint density at radius 3 is 3.06 bits per heavy atom. The van der Waals surface area contributed by atoms with E-state index in [1.807, 2.05) is 13.4 Å². The van der Waals surface area contributed by atoms with Gasteiger partial charge in [0, 0.05) is 12.3 Å². The highest BCUT2D eigenvalue weighted by Crippen LogP contribution is 2.42. The number of aliphatic hydroxyl groups is 1. The van der Waals surface area contributed by atoms with Crippen molar-refractivity contribution in [3.05, 3.63) is 12.7 Å². The number of hydrogen-bond donors (Lipinski definition) is 2. The molecule has 1 saturated heterocycles. The summed E-state index contributed by atoms with van der Waals surface area (Å²) in [5.41, 5.74) is 1.65. The van der Waals surface area contributed by atoms with Crippen molar-refractivity contribution in [3.63, 3.8) is 0 Å². The lowest BCUT2D eigenvalue weighted by atomic mass is 10.2. The molecular formula is C11H15N5OS. The molecule has 18 heavy (non-hydrogen) atoms. The number of nitrogens with one attached hydrogen (secondary N) is 1. The molecule has 96 valence electrons. The SMILES string of the molecule is CNc1ncnc2c1ncn2[C@@H]1CC[C@@H](CO)S1. The molecule has 0 aliphatic carbocycles. The third-order valence-corrected chi connectivity index (χ3v) is 4.74. The molecule has 6 nitrogen and oxygen atoms in total. The summed E-state index contributed by atoms with van der Waals surface area (Å²) in [6, 6.07) is 0. The highest BCUT2D eigenvalue weighted by molar-refractivity contribution is 8.00. The van der Waals surface area contributed by atoms with Gasteiger partial charge in [0.25, 0.3) is 0 Å². The van der Waals surface area contributed by atoms with Crippen LogP contribution in [0.4, 0.5) is 5.82 Å². The van der Waals surface area contributed by atoms with Crippen molar-refractivity contribution in [2.45, 2.75) is 23.5 Å². The first kappa shape index (κ1) is 11.7. The van der Waals surface area contributed by atoms with Gasteiger partial charge in [-0.05, 0) is 12.8 Å². The van der Waals surface area contributed by atoms with Gasteiger partial charge in [0.1, 0.15) is 11.8 Å². The summed E-state index contributed by atoms with van der Waals surface area (Å²) in [5, 5.41) is 12.9. The third-order valence-electron chi connectivity index (χ3n) is 3.19. The molecule has 2 N–H and O–H groups in total. The molecule has 3 rings (SSSR count). The minimum absolute atomic E-state index is 0.241. The lowest BCUT2D eigenvalue weighted by Gasteiger charge is -2.12. The van der Waals surface area contributed by atoms with E-state index in [4.69, 9.17) is 0 Å². The van der Waals surface area contributed by atoms with E-state index in [2.05, 4.69) is 24.8 Å². The van der Waals surface area contributed by atoms with Gasteiger partial charge in [-0.15, -0.1) is 11.8 Å². The minimum atomic E-state index is 0.241. The average molecular weight is 265 g/mol. The number of nitrogens with zero attached hydrogens (tertiary/aromatic N) is 4. The molecule has 0 unspecified atom stereocenters. The molecule has 7 heteroatoms. The zero-order valence-electron chi connectivity index (χ0n) is 10.1. The van der Waals surface area contributed by atoms with Crippen LogP contribution in [-0.2, 0) is 0 Å². The fourth-order valence-corrected chi connectivity index (χ4v) is 3.63. The Hall–Kier alpha value is -1.34. The third kappa shape index (κ3) is 1.83. The van der Waals surface area contributed by atoms with E-state index in [0.29, 0.717) is 10.6 Å². The average Bonchev–Trinajstić information content (AvgIpc) is 3.03. The maximum absolute atomic E-state index is 9.20. The number of hydrogen-bond acceptors (Lipinski definition) is 6. The largest absolute Gasteiger partial charge is 0.395 e. The molecule has 2 aromatic heterocycles. The Kier molecular flexibility index (Phi) is 3.09. The Morgan fingerprint density at radius 1 is 1.44 bits per heavy atom. The predicted molar refractivity (Wildman–Crippen MR) is 71.6 cm³/mol. The predicted octanol–water partition coefficient (Wildman–Crippen LogP) is 1.25. The molecule has 1 aliphatic rings. The zero-order chi connectivity index (χ0) is 12.5. The van der Waals surface area contributed by atoms with E-state index in [9.17, 15) is 5.11 Å². The summed E-state index contributed by atoms with van der Waals surface area (Å²) in [6.45, 7) is 0.241. The summed E-state index contributed by atoms with van der Waals surface area (Å²) >= 11 is 1.79. The zero-order valence-corrected chi connectivity index (χ0v) is 10.9. The first-order chi connectivity index (χ1) is 8.83. The van der Waals surface area contributed by atoms with Crippen LogP contribution >= 0.6 is 11.8 Å². The van der Waals surface area contributed by atoms with Crippen LogP contribution in [0, 0.1) is 0 Å². The fraction of sp³-hybridized carbons (Fsp3) is 0.545. The van der Waals surface area contributed by atoms with Crippen LogP contribution in [0.3, 0.4) is 0 Å². The van der Waals surface area contributed by atoms with Crippen molar-refractivity contribution in [2.75, 3.05) is 19.0 Å². The van der Waals surface area contributed by atoms with E-state index < -0.39 is 0 Å². The molecule has 0 amide bonds. The number of aliphatic hydroxyl groups excluding tert-OH is 1. The molecule has 2 aromatic rings. The maximum atomic E-state index is 9.20. The van der Waals surface area contributed by atoms with Crippen LogP contribution in [0.1, 0.15) is 18.2 Å². The van der Waals surface area contributed by atoms with Gasteiger partial charge in [0.05, 0.1) is 18.3 Å². The molecular weight excluding hydrogens is 250 g/mol. The summed E-state index contributed by atoms with van der Waals surface area (Å²) in [7, 11) is 1.83. The minimum Gasteiger partial charge on any atom is -0.395 e. The van der Waals surface area contributed by atoms with Gasteiger partial charge in [-0.1, -0.05) is 0 Å². The molecule has 0 spiro atoms. The van der Waals surface area contributed by atoms with Crippen molar-refractivity contribution in [3.8, 4) is 0 Å². The smallest absolute Gasteiger partial charge is 0.166 e. The maximum Gasteiger partial charge on any atom is 0.166 e. The Bertz CT molecular complexity index is 557. The molecule has 2 atom stereocenters. The lowest BCUT2D eigenvalue weighted by molar-refractivity contribution is 0.292. The van der Waals surface area contributed by atoms with E-state index >= 15 is 0 Å². The second kappa shape index (κ2) is 4.74. The Morgan fingerprint density at radius 2 is 2.33 bits per heavy atom. The second-order valence-corrected chi connectivity index (χ2v) is 5.75. The number of thioether (sulfide) groups is 1. The van der Waals surface area contributed by atoms with Crippen molar-refractivity contribution in [1.82, 2.24) is 19.5 Å². The van der Waals surface area contributed by atoms with Crippen LogP contribution in [0.15, 0.2) is 12.7 Å². The Balaban J connectivity index is 1.98. The second-order valence-electron chi connectivity index (χ2n) is 4.27. The summed E-state index contributed by atoms with van der Waals surface area (Å²) in [6.07, 6.45) is 5.45. The highest BCUT2D eigenvalue weighted by Gasteiger charge is 2.27. The highest BCUT2D eigenvalue weighted by atomic mass is 32.2. The van der Waals surface area contributed by atoms with Crippen molar-refractivity contribution in [1.29, 1.82) is 0 Å². The molecule has 0 saturated carbocycles. The summed E-state index contributed by atoms with van der Waals surface area (Å²) in [5.74, 6) is 0.750. The number of aromatic nitrogens is 4. The van der Waals surface area contributed by atoms with Crippen LogP contribution in [-0.4, -0.2) is 43.5 Å². The number of rotatable bonds is 3. The van der Waals surface area contributed by atoms with Gasteiger partial charge < -0.3 is 15.0 Å². The monoisotopic (exact) mass is 265 g/mol. The summed E-state index contributed by atoms with van der Waals surface area (Å²) in [4.78, 5) is 12.9. The van der Waals surface area contributed by atoms with Gasteiger partial charge in [0.2, 0.25) is 0 Å². The van der Waals surface area contributed by atoms with Gasteiger partial charge in [0.15, 0.2) is 11.5 Å². The van der Waals surface area contributed by atoms with Crippen LogP contribution < -0.4 is 5.32 Å². The Labute approximate surface area is 109 Å². The standard InChI is InChI=1S/C11H15N5OS/c1-12-10-9-11(14-5-13-10)16(6-15-9)8-3-2-7(4-17)18-8/h5-8,17H,2-4H2,1H3,(H,12,13,14)/t7-,8-/m0/s1. The summed E-state index contributed by atoms with van der Waals surface area (Å²) < 4.78 is 2.08. The van der Waals surface area contributed by atoms with E-state index in [1.165, 1.54) is 0 Å². The van der Waals surface area contributed by atoms with Gasteiger partial charge >= 0.3 is 0 Å². The molecule has 3 heterocycles. The quantitative estimate of drug-likeness (QED) is 0.870. The first-order valence-electron chi connectivity index (χ1n) is 5.95. The molecule has 0 aromatic carbocycles. The molecule has 1 fully saturated rings. The number of imidazole rings is 1. The normalized spacial score (nSPS) is 23.7. The van der Waals surface area contributed by atoms with Crippen LogP contribution in [0.25, 0.3) is 11.2 Å². The molecule has 1 aliphatic heterocycles. The lowest BCUT2D eigenvalue weighted by Crippen LogP contribution is -2.04. The van der Waals surface area contributed by atoms with Crippen molar-refractivity contribution in [2.24, 2.45) is 0 Å². The van der Waals surface area contributed by atoms with Gasteiger partial charge in [-0.2, -0.15) is 0 Å². The van der Waals surface area contributed by atoms with Crippen molar-refractivity contribution < 1.29 is 5.11 Å². The van der Waals surface area contributed by atoms with Gasteiger partial charge in [-0.3, -0.25) is 0 Å².